The maximum Gasteiger partial charge on any atom is 0.333 e. The number of fused-ring (bicyclic) bond motifs is 2. The molecule has 0 atom stereocenters. The number of aromatic amines is 1. The molecular weight excluding hydrogens is 501 g/mol. The van der Waals surface area contributed by atoms with Gasteiger partial charge in [0.15, 0.2) is 11.6 Å². The minimum absolute atomic E-state index is 0.0146. The molecule has 0 amide bonds. The number of hydrogen-bond donors (Lipinski definition) is 2. The standard InChI is InChI=1S/C23H17ClFN3O4S2/c1-23(2,31)18-4-10-8-26-9-15(19(10)34-18)28-21(29)20-14(27-22(28)30)7-17(33-20)11-5-16(32-3)13(25)6-12(11)24/h4-9,31H,1-3H3,(H,27,30). The van der Waals surface area contributed by atoms with Gasteiger partial charge in [0.1, 0.15) is 4.70 Å². The second kappa shape index (κ2) is 8.02. The van der Waals surface area contributed by atoms with Crippen molar-refractivity contribution in [2.75, 3.05) is 7.11 Å². The van der Waals surface area contributed by atoms with Crippen LogP contribution in [0.1, 0.15) is 18.7 Å². The number of nitrogens with one attached hydrogen (secondary N) is 1. The zero-order chi connectivity index (χ0) is 24.4. The average molecular weight is 518 g/mol. The van der Waals surface area contributed by atoms with Crippen molar-refractivity contribution in [2.24, 2.45) is 0 Å². The lowest BCUT2D eigenvalue weighted by atomic mass is 10.1. The van der Waals surface area contributed by atoms with Crippen LogP contribution in [0.2, 0.25) is 5.02 Å². The first-order valence-electron chi connectivity index (χ1n) is 10.0. The molecule has 0 saturated carbocycles. The molecule has 11 heteroatoms. The number of hydrogen-bond acceptors (Lipinski definition) is 7. The van der Waals surface area contributed by atoms with Crippen molar-refractivity contribution in [1.29, 1.82) is 0 Å². The summed E-state index contributed by atoms with van der Waals surface area (Å²) in [6.07, 6.45) is 3.07. The number of nitrogens with zero attached hydrogens (tertiary/aromatic N) is 2. The van der Waals surface area contributed by atoms with E-state index in [1.807, 2.05) is 0 Å². The van der Waals surface area contributed by atoms with E-state index >= 15 is 0 Å². The van der Waals surface area contributed by atoms with Crippen LogP contribution in [0.15, 0.2) is 46.2 Å². The predicted molar refractivity (Wildman–Crippen MR) is 133 cm³/mol. The van der Waals surface area contributed by atoms with Crippen molar-refractivity contribution in [3.63, 3.8) is 0 Å². The quantitative estimate of drug-likeness (QED) is 0.348. The Kier molecular flexibility index (Phi) is 5.36. The molecule has 0 fully saturated rings. The summed E-state index contributed by atoms with van der Waals surface area (Å²) in [5, 5.41) is 11.3. The number of benzene rings is 1. The van der Waals surface area contributed by atoms with Crippen LogP contribution in [0, 0.1) is 5.82 Å². The Morgan fingerprint density at radius 1 is 1.15 bits per heavy atom. The molecule has 34 heavy (non-hydrogen) atoms. The van der Waals surface area contributed by atoms with Crippen LogP contribution < -0.4 is 16.0 Å². The molecule has 0 unspecified atom stereocenters. The second-order valence-electron chi connectivity index (χ2n) is 8.14. The van der Waals surface area contributed by atoms with Gasteiger partial charge in [0, 0.05) is 26.9 Å². The summed E-state index contributed by atoms with van der Waals surface area (Å²) in [6.45, 7) is 3.33. The van der Waals surface area contributed by atoms with Crippen molar-refractivity contribution < 1.29 is 14.2 Å². The maximum atomic E-state index is 14.0. The van der Waals surface area contributed by atoms with Crippen LogP contribution in [0.3, 0.4) is 0 Å². The lowest BCUT2D eigenvalue weighted by molar-refractivity contribution is 0.0826. The first kappa shape index (κ1) is 22.7. The fraction of sp³-hybridized carbons (Fsp3) is 0.174. The van der Waals surface area contributed by atoms with Gasteiger partial charge in [0.2, 0.25) is 0 Å². The summed E-state index contributed by atoms with van der Waals surface area (Å²) < 4.78 is 21.0. The van der Waals surface area contributed by atoms with Gasteiger partial charge >= 0.3 is 5.69 Å². The van der Waals surface area contributed by atoms with Crippen molar-refractivity contribution in [2.45, 2.75) is 19.4 Å². The molecule has 0 spiro atoms. The van der Waals surface area contributed by atoms with Gasteiger partial charge in [-0.2, -0.15) is 0 Å². The highest BCUT2D eigenvalue weighted by Gasteiger charge is 2.22. The monoisotopic (exact) mass is 517 g/mol. The smallest absolute Gasteiger partial charge is 0.333 e. The maximum absolute atomic E-state index is 14.0. The van der Waals surface area contributed by atoms with Crippen LogP contribution in [0.4, 0.5) is 4.39 Å². The minimum atomic E-state index is -1.08. The third-order valence-electron chi connectivity index (χ3n) is 5.33. The molecule has 0 aliphatic carbocycles. The predicted octanol–water partition coefficient (Wildman–Crippen LogP) is 5.05. The van der Waals surface area contributed by atoms with E-state index in [4.69, 9.17) is 16.3 Å². The molecular formula is C23H17ClFN3O4S2. The lowest BCUT2D eigenvalue weighted by Gasteiger charge is -2.13. The highest BCUT2D eigenvalue weighted by molar-refractivity contribution is 7.22. The zero-order valence-corrected chi connectivity index (χ0v) is 20.5. The molecule has 0 radical (unpaired) electrons. The SMILES string of the molecule is COc1cc(-c2cc3[nH]c(=O)n(-c4cncc5cc(C(C)(C)O)sc45)c(=O)c3s2)c(Cl)cc1F. The van der Waals surface area contributed by atoms with Crippen LogP contribution in [0.5, 0.6) is 5.75 Å². The third-order valence-corrected chi connectivity index (χ3v) is 8.28. The summed E-state index contributed by atoms with van der Waals surface area (Å²) in [7, 11) is 1.35. The minimum Gasteiger partial charge on any atom is -0.494 e. The molecule has 4 heterocycles. The van der Waals surface area contributed by atoms with Gasteiger partial charge < -0.3 is 14.8 Å². The van der Waals surface area contributed by atoms with Crippen molar-refractivity contribution in [1.82, 2.24) is 14.5 Å². The first-order chi connectivity index (χ1) is 16.1. The van der Waals surface area contributed by atoms with Crippen LogP contribution in [0.25, 0.3) is 36.4 Å². The zero-order valence-electron chi connectivity index (χ0n) is 18.1. The molecule has 7 nitrogen and oxygen atoms in total. The Morgan fingerprint density at radius 2 is 1.91 bits per heavy atom. The fourth-order valence-corrected chi connectivity index (χ4v) is 6.16. The molecule has 2 N–H and O–H groups in total. The van der Waals surface area contributed by atoms with Crippen LogP contribution in [-0.2, 0) is 5.60 Å². The van der Waals surface area contributed by atoms with E-state index in [-0.39, 0.29) is 10.8 Å². The normalized spacial score (nSPS) is 12.1. The Balaban J connectivity index is 1.74. The number of halogens is 2. The van der Waals surface area contributed by atoms with Gasteiger partial charge in [-0.25, -0.2) is 13.8 Å². The average Bonchev–Trinajstić information content (AvgIpc) is 3.39. The van der Waals surface area contributed by atoms with E-state index in [1.54, 1.807) is 32.2 Å². The van der Waals surface area contributed by atoms with Crippen molar-refractivity contribution in [3.05, 3.63) is 73.2 Å². The lowest BCUT2D eigenvalue weighted by Crippen LogP contribution is -2.33. The first-order valence-corrected chi connectivity index (χ1v) is 12.0. The van der Waals surface area contributed by atoms with E-state index < -0.39 is 22.7 Å². The second-order valence-corrected chi connectivity index (χ2v) is 10.6. The highest BCUT2D eigenvalue weighted by Crippen LogP contribution is 2.39. The molecule has 1 aromatic carbocycles. The third kappa shape index (κ3) is 3.63. The van der Waals surface area contributed by atoms with Gasteiger partial charge in [0.05, 0.1) is 39.8 Å². The summed E-state index contributed by atoms with van der Waals surface area (Å²) >= 11 is 8.67. The number of pyridine rings is 1. The highest BCUT2D eigenvalue weighted by atomic mass is 35.5. The van der Waals surface area contributed by atoms with Crippen LogP contribution in [-0.4, -0.2) is 26.8 Å². The summed E-state index contributed by atoms with van der Waals surface area (Å²) in [6, 6.07) is 6.02. The van der Waals surface area contributed by atoms with E-state index in [0.717, 1.165) is 22.0 Å². The van der Waals surface area contributed by atoms with Gasteiger partial charge in [-0.15, -0.1) is 22.7 Å². The number of aromatic nitrogens is 3. The molecule has 5 rings (SSSR count). The van der Waals surface area contributed by atoms with Gasteiger partial charge in [-0.05, 0) is 38.1 Å². The number of H-pyrrole nitrogens is 1. The van der Waals surface area contributed by atoms with Crippen molar-refractivity contribution in [3.8, 4) is 21.9 Å². The van der Waals surface area contributed by atoms with E-state index in [1.165, 1.54) is 30.7 Å². The molecule has 0 aliphatic heterocycles. The number of thiophene rings is 2. The Morgan fingerprint density at radius 3 is 2.62 bits per heavy atom. The van der Waals surface area contributed by atoms with Crippen LogP contribution >= 0.6 is 34.3 Å². The molecule has 0 bridgehead atoms. The Hall–Kier alpha value is -3.05. The van der Waals surface area contributed by atoms with Gasteiger partial charge in [-0.1, -0.05) is 11.6 Å². The van der Waals surface area contributed by atoms with E-state index in [0.29, 0.717) is 41.3 Å². The number of methoxy groups -OCH3 is 1. The molecule has 0 aliphatic rings. The summed E-state index contributed by atoms with van der Waals surface area (Å²) in [4.78, 5) is 34.7. The van der Waals surface area contributed by atoms with E-state index in [9.17, 15) is 19.1 Å². The largest absolute Gasteiger partial charge is 0.494 e. The number of rotatable bonds is 4. The topological polar surface area (TPSA) is 97.2 Å². The van der Waals surface area contributed by atoms with E-state index in [2.05, 4.69) is 9.97 Å². The summed E-state index contributed by atoms with van der Waals surface area (Å²) in [5.41, 5.74) is -1.09. The number of aliphatic hydroxyl groups is 1. The molecule has 5 aromatic rings. The summed E-state index contributed by atoms with van der Waals surface area (Å²) in [5.74, 6) is -0.587. The fourth-order valence-electron chi connectivity index (χ4n) is 3.64. The molecule has 0 saturated heterocycles. The van der Waals surface area contributed by atoms with Crippen molar-refractivity contribution >= 4 is 54.6 Å². The Labute approximate surface area is 204 Å². The van der Waals surface area contributed by atoms with Gasteiger partial charge in [-0.3, -0.25) is 9.78 Å². The molecule has 174 valence electrons. The molecule has 4 aromatic heterocycles. The van der Waals surface area contributed by atoms with Gasteiger partial charge in [0.25, 0.3) is 5.56 Å². The Bertz CT molecular complexity index is 1710. The number of ether oxygens (including phenoxy) is 1.